The van der Waals surface area contributed by atoms with E-state index in [1.54, 1.807) is 20.8 Å². The molecule has 1 aliphatic carbocycles. The monoisotopic (exact) mass is 438 g/mol. The smallest absolute Gasteiger partial charge is 0.407 e. The highest BCUT2D eigenvalue weighted by Crippen LogP contribution is 2.44. The van der Waals surface area contributed by atoms with E-state index in [2.05, 4.69) is 17.4 Å². The van der Waals surface area contributed by atoms with Gasteiger partial charge in [0.05, 0.1) is 5.41 Å². The molecule has 32 heavy (non-hydrogen) atoms. The second kappa shape index (κ2) is 9.42. The number of carboxylic acid groups (broad SMARTS) is 1. The van der Waals surface area contributed by atoms with Gasteiger partial charge in [-0.05, 0) is 49.9 Å². The first-order valence-corrected chi connectivity index (χ1v) is 10.8. The highest BCUT2D eigenvalue weighted by molar-refractivity contribution is 5.87. The Morgan fingerprint density at radius 2 is 1.59 bits per heavy atom. The van der Waals surface area contributed by atoms with Gasteiger partial charge < -0.3 is 20.1 Å². The lowest BCUT2D eigenvalue weighted by atomic mass is 9.91. The van der Waals surface area contributed by atoms with Crippen LogP contribution in [0.25, 0.3) is 11.1 Å². The normalized spacial score (nSPS) is 13.6. The summed E-state index contributed by atoms with van der Waals surface area (Å²) in [4.78, 5) is 37.9. The lowest BCUT2D eigenvalue weighted by Crippen LogP contribution is -2.51. The van der Waals surface area contributed by atoms with Crippen molar-refractivity contribution in [3.05, 3.63) is 59.7 Å². The first-order chi connectivity index (χ1) is 15.2. The second-order valence-corrected chi connectivity index (χ2v) is 8.67. The van der Waals surface area contributed by atoms with Gasteiger partial charge in [0.2, 0.25) is 5.91 Å². The van der Waals surface area contributed by atoms with E-state index in [-0.39, 0.29) is 31.5 Å². The summed E-state index contributed by atoms with van der Waals surface area (Å²) >= 11 is 0. The van der Waals surface area contributed by atoms with E-state index in [9.17, 15) is 19.5 Å². The highest BCUT2D eigenvalue weighted by atomic mass is 16.5. The molecule has 1 unspecified atom stereocenters. The number of hydrogen-bond acceptors (Lipinski definition) is 4. The van der Waals surface area contributed by atoms with Crippen LogP contribution in [0.4, 0.5) is 4.79 Å². The number of carbonyl (C=O) groups is 3. The quantitative estimate of drug-likeness (QED) is 0.652. The third-order valence-electron chi connectivity index (χ3n) is 6.02. The molecule has 0 heterocycles. The van der Waals surface area contributed by atoms with Crippen molar-refractivity contribution in [1.82, 2.24) is 10.2 Å². The van der Waals surface area contributed by atoms with Crippen LogP contribution in [0.2, 0.25) is 0 Å². The molecule has 2 aromatic rings. The van der Waals surface area contributed by atoms with Crippen molar-refractivity contribution in [1.29, 1.82) is 0 Å². The largest absolute Gasteiger partial charge is 0.480 e. The van der Waals surface area contributed by atoms with E-state index >= 15 is 0 Å². The number of carboxylic acids is 1. The number of rotatable bonds is 8. The van der Waals surface area contributed by atoms with Crippen molar-refractivity contribution in [3.63, 3.8) is 0 Å². The van der Waals surface area contributed by atoms with E-state index in [0.717, 1.165) is 22.3 Å². The molecule has 170 valence electrons. The van der Waals surface area contributed by atoms with E-state index in [4.69, 9.17) is 4.74 Å². The molecule has 1 atom stereocenters. The summed E-state index contributed by atoms with van der Waals surface area (Å²) in [7, 11) is 0. The maximum atomic E-state index is 12.9. The molecule has 2 N–H and O–H groups in total. The van der Waals surface area contributed by atoms with Crippen LogP contribution in [0.5, 0.6) is 0 Å². The fraction of sp³-hybridized carbons (Fsp3) is 0.400. The SMILES string of the molecule is CCN(C(=O)C(C)(C)CNC(=O)OCC1c2ccccc2-c2ccccc21)C(C)C(=O)O. The molecule has 7 heteroatoms. The Kier molecular flexibility index (Phi) is 6.87. The van der Waals surface area contributed by atoms with E-state index < -0.39 is 23.5 Å². The molecular weight excluding hydrogens is 408 g/mol. The number of likely N-dealkylation sites (N-methyl/N-ethyl adjacent to an activating group) is 1. The zero-order chi connectivity index (χ0) is 23.5. The van der Waals surface area contributed by atoms with Gasteiger partial charge in [0.1, 0.15) is 12.6 Å². The maximum absolute atomic E-state index is 12.9. The molecule has 0 bridgehead atoms. The number of aliphatic carboxylic acids is 1. The minimum atomic E-state index is -1.07. The van der Waals surface area contributed by atoms with Crippen LogP contribution in [0.15, 0.2) is 48.5 Å². The van der Waals surface area contributed by atoms with Crippen molar-refractivity contribution in [2.24, 2.45) is 5.41 Å². The lowest BCUT2D eigenvalue weighted by Gasteiger charge is -2.33. The molecule has 0 saturated heterocycles. The van der Waals surface area contributed by atoms with Gasteiger partial charge in [-0.25, -0.2) is 9.59 Å². The molecule has 0 spiro atoms. The summed E-state index contributed by atoms with van der Waals surface area (Å²) in [6.07, 6.45) is -0.609. The number of fused-ring (bicyclic) bond motifs is 3. The van der Waals surface area contributed by atoms with E-state index in [1.165, 1.54) is 11.8 Å². The fourth-order valence-corrected chi connectivity index (χ4v) is 4.13. The zero-order valence-electron chi connectivity index (χ0n) is 18.9. The number of nitrogens with zero attached hydrogens (tertiary/aromatic N) is 1. The van der Waals surface area contributed by atoms with Gasteiger partial charge in [-0.3, -0.25) is 4.79 Å². The Morgan fingerprint density at radius 1 is 1.06 bits per heavy atom. The highest BCUT2D eigenvalue weighted by Gasteiger charge is 2.36. The van der Waals surface area contributed by atoms with Crippen LogP contribution in [-0.2, 0) is 14.3 Å². The van der Waals surface area contributed by atoms with Gasteiger partial charge in [-0.2, -0.15) is 0 Å². The molecule has 1 aliphatic rings. The summed E-state index contributed by atoms with van der Waals surface area (Å²) in [5, 5.41) is 11.9. The molecule has 2 amide bonds. The van der Waals surface area contributed by atoms with Crippen LogP contribution in [0.3, 0.4) is 0 Å². The molecule has 2 aromatic carbocycles. The number of nitrogens with one attached hydrogen (secondary N) is 1. The second-order valence-electron chi connectivity index (χ2n) is 8.67. The van der Waals surface area contributed by atoms with Crippen LogP contribution in [0.1, 0.15) is 44.7 Å². The number of ether oxygens (including phenoxy) is 1. The topological polar surface area (TPSA) is 95.9 Å². The summed E-state index contributed by atoms with van der Waals surface area (Å²) in [6.45, 7) is 7.04. The Balaban J connectivity index is 1.61. The van der Waals surface area contributed by atoms with Gasteiger partial charge in [0.25, 0.3) is 0 Å². The third kappa shape index (κ3) is 4.61. The van der Waals surface area contributed by atoms with Crippen LogP contribution in [-0.4, -0.2) is 53.7 Å². The number of amides is 2. The molecule has 0 radical (unpaired) electrons. The fourth-order valence-electron chi connectivity index (χ4n) is 4.13. The molecule has 3 rings (SSSR count). The van der Waals surface area contributed by atoms with Crippen molar-refractivity contribution in [2.45, 2.75) is 39.7 Å². The van der Waals surface area contributed by atoms with Gasteiger partial charge in [-0.1, -0.05) is 48.5 Å². The average Bonchev–Trinajstić information content (AvgIpc) is 3.10. The molecule has 0 saturated carbocycles. The Morgan fingerprint density at radius 3 is 2.09 bits per heavy atom. The molecule has 7 nitrogen and oxygen atoms in total. The number of carbonyl (C=O) groups excluding carboxylic acids is 2. The first kappa shape index (κ1) is 23.3. The predicted molar refractivity (Wildman–Crippen MR) is 121 cm³/mol. The minimum Gasteiger partial charge on any atom is -0.480 e. The molecule has 0 aromatic heterocycles. The van der Waals surface area contributed by atoms with Gasteiger partial charge in [0.15, 0.2) is 0 Å². The minimum absolute atomic E-state index is 0.0331. The number of alkyl carbamates (subject to hydrolysis) is 1. The van der Waals surface area contributed by atoms with Crippen LogP contribution >= 0.6 is 0 Å². The first-order valence-electron chi connectivity index (χ1n) is 10.8. The summed E-state index contributed by atoms with van der Waals surface area (Å²) in [5.41, 5.74) is 3.56. The predicted octanol–water partition coefficient (Wildman–Crippen LogP) is 3.87. The van der Waals surface area contributed by atoms with E-state index in [1.807, 2.05) is 36.4 Å². The van der Waals surface area contributed by atoms with Crippen LogP contribution < -0.4 is 5.32 Å². The Hall–Kier alpha value is -3.35. The van der Waals surface area contributed by atoms with E-state index in [0.29, 0.717) is 0 Å². The maximum Gasteiger partial charge on any atom is 0.407 e. The van der Waals surface area contributed by atoms with Gasteiger partial charge in [0, 0.05) is 19.0 Å². The van der Waals surface area contributed by atoms with Crippen LogP contribution in [0, 0.1) is 5.41 Å². The number of hydrogen-bond donors (Lipinski definition) is 2. The van der Waals surface area contributed by atoms with Gasteiger partial charge >= 0.3 is 12.1 Å². The third-order valence-corrected chi connectivity index (χ3v) is 6.02. The van der Waals surface area contributed by atoms with Gasteiger partial charge in [-0.15, -0.1) is 0 Å². The lowest BCUT2D eigenvalue weighted by molar-refractivity contribution is -0.153. The molecule has 0 aliphatic heterocycles. The summed E-state index contributed by atoms with van der Waals surface area (Å²) < 4.78 is 5.52. The zero-order valence-corrected chi connectivity index (χ0v) is 18.9. The Bertz CT molecular complexity index is 971. The van der Waals surface area contributed by atoms with Crippen molar-refractivity contribution < 1.29 is 24.2 Å². The summed E-state index contributed by atoms with van der Waals surface area (Å²) in [6, 6.07) is 15.2. The Labute approximate surface area is 188 Å². The average molecular weight is 439 g/mol. The number of benzene rings is 2. The standard InChI is InChI=1S/C25H30N2O5/c1-5-27(16(2)22(28)29)23(30)25(3,4)15-26-24(31)32-14-21-19-12-8-6-10-17(19)18-11-7-9-13-20(18)21/h6-13,16,21H,5,14-15H2,1-4H3,(H,26,31)(H,28,29). The molecular formula is C25H30N2O5. The summed E-state index contributed by atoms with van der Waals surface area (Å²) in [5.74, 6) is -1.45. The van der Waals surface area contributed by atoms with Crippen molar-refractivity contribution in [2.75, 3.05) is 19.7 Å². The van der Waals surface area contributed by atoms with Crippen molar-refractivity contribution in [3.8, 4) is 11.1 Å². The molecule has 0 fully saturated rings. The van der Waals surface area contributed by atoms with Crippen molar-refractivity contribution >= 4 is 18.0 Å².